The van der Waals surface area contributed by atoms with E-state index in [1.54, 1.807) is 50.5 Å². The summed E-state index contributed by atoms with van der Waals surface area (Å²) in [5, 5.41) is 13.3. The number of hydrogen-bond donors (Lipinski definition) is 2. The van der Waals surface area contributed by atoms with Crippen LogP contribution in [0.1, 0.15) is 52.0 Å². The van der Waals surface area contributed by atoms with Crippen LogP contribution >= 0.6 is 0 Å². The molecule has 16 heteroatoms. The minimum absolute atomic E-state index is 0.0338. The maximum absolute atomic E-state index is 13.2. The third-order valence-electron chi connectivity index (χ3n) is 10.4. The van der Waals surface area contributed by atoms with Crippen molar-refractivity contribution in [2.45, 2.75) is 44.5 Å². The summed E-state index contributed by atoms with van der Waals surface area (Å²) in [5.41, 5.74) is 2.73. The highest BCUT2D eigenvalue weighted by molar-refractivity contribution is 6.23. The second-order valence-electron chi connectivity index (χ2n) is 14.0. The summed E-state index contributed by atoms with van der Waals surface area (Å²) < 4.78 is 24.7. The molecule has 0 aliphatic carbocycles. The average molecular weight is 769 g/mol. The Kier molecular flexibility index (Phi) is 11.3. The molecule has 7 rings (SSSR count). The molecule has 0 radical (unpaired) electrons. The minimum atomic E-state index is -0.997. The van der Waals surface area contributed by atoms with Gasteiger partial charge in [0.2, 0.25) is 11.8 Å². The smallest absolute Gasteiger partial charge is 0.262 e. The van der Waals surface area contributed by atoms with Gasteiger partial charge in [-0.25, -0.2) is 0 Å². The standard InChI is InChI=1S/C40H44N6O10/c1-43-21-30(26-9-11-41-20-29(26)38(43)50)24-17-33(53-2)31(34(18-24)54-3)22-44-12-4-13-45(23-44)36(48)10-14-55-15-16-56-25-5-6-27-28(19-25)40(52)46(39(27)51)32-7-8-35(47)42-37(32)49/h5-6,9,11,17-21,32,35,47H,4,7-8,10,12-16,22-23H2,1-3H3,(H,42,49). The zero-order valence-electron chi connectivity index (χ0n) is 31.5. The van der Waals surface area contributed by atoms with Gasteiger partial charge >= 0.3 is 0 Å². The molecule has 2 aromatic heterocycles. The van der Waals surface area contributed by atoms with Crippen LogP contribution in [0.25, 0.3) is 21.9 Å². The number of aromatic nitrogens is 2. The van der Waals surface area contributed by atoms with Crippen LogP contribution in [0, 0.1) is 0 Å². The van der Waals surface area contributed by atoms with E-state index in [1.165, 1.54) is 12.1 Å². The number of benzene rings is 2. The molecule has 3 aliphatic heterocycles. The maximum atomic E-state index is 13.2. The number of ether oxygens (including phenoxy) is 4. The molecule has 2 atom stereocenters. The number of nitrogens with one attached hydrogen (secondary N) is 1. The van der Waals surface area contributed by atoms with Gasteiger partial charge in [-0.05, 0) is 66.6 Å². The fourth-order valence-corrected chi connectivity index (χ4v) is 7.54. The molecule has 4 amide bonds. The predicted octanol–water partition coefficient (Wildman–Crippen LogP) is 2.29. The van der Waals surface area contributed by atoms with Crippen LogP contribution in [0.15, 0.2) is 59.8 Å². The number of fused-ring (bicyclic) bond motifs is 2. The molecular weight excluding hydrogens is 724 g/mol. The maximum Gasteiger partial charge on any atom is 0.262 e. The van der Waals surface area contributed by atoms with Crippen molar-refractivity contribution in [3.05, 3.63) is 82.0 Å². The second kappa shape index (κ2) is 16.5. The zero-order chi connectivity index (χ0) is 39.5. The second-order valence-corrected chi connectivity index (χ2v) is 14.0. The molecule has 0 spiro atoms. The van der Waals surface area contributed by atoms with Crippen molar-refractivity contribution < 1.29 is 43.2 Å². The number of nitrogens with zero attached hydrogens (tertiary/aromatic N) is 5. The molecule has 3 aliphatic rings. The average Bonchev–Trinajstić information content (AvgIpc) is 3.45. The van der Waals surface area contributed by atoms with Gasteiger partial charge < -0.3 is 38.8 Å². The lowest BCUT2D eigenvalue weighted by atomic mass is 9.99. The van der Waals surface area contributed by atoms with Crippen LogP contribution in [0.2, 0.25) is 0 Å². The van der Waals surface area contributed by atoms with Crippen molar-refractivity contribution in [1.82, 2.24) is 29.6 Å². The molecule has 294 valence electrons. The number of carbonyl (C=O) groups is 4. The number of piperidine rings is 1. The summed E-state index contributed by atoms with van der Waals surface area (Å²) in [6, 6.07) is 9.28. The Morgan fingerprint density at radius 1 is 0.911 bits per heavy atom. The van der Waals surface area contributed by atoms with E-state index in [2.05, 4.69) is 15.2 Å². The zero-order valence-corrected chi connectivity index (χ0v) is 31.5. The van der Waals surface area contributed by atoms with E-state index in [0.29, 0.717) is 42.4 Å². The number of rotatable bonds is 13. The Balaban J connectivity index is 0.902. The molecule has 0 bridgehead atoms. The Bertz CT molecular complexity index is 2220. The number of hydrogen-bond acceptors (Lipinski definition) is 12. The monoisotopic (exact) mass is 768 g/mol. The van der Waals surface area contributed by atoms with Gasteiger partial charge in [-0.2, -0.15) is 0 Å². The van der Waals surface area contributed by atoms with Gasteiger partial charge in [0.25, 0.3) is 17.4 Å². The van der Waals surface area contributed by atoms with Gasteiger partial charge in [-0.1, -0.05) is 0 Å². The summed E-state index contributed by atoms with van der Waals surface area (Å²) >= 11 is 0. The van der Waals surface area contributed by atoms with Gasteiger partial charge in [0, 0.05) is 50.8 Å². The van der Waals surface area contributed by atoms with Crippen molar-refractivity contribution in [2.24, 2.45) is 7.05 Å². The van der Waals surface area contributed by atoms with Crippen LogP contribution in [0.5, 0.6) is 17.2 Å². The first kappa shape index (κ1) is 38.4. The first-order valence-corrected chi connectivity index (χ1v) is 18.5. The summed E-state index contributed by atoms with van der Waals surface area (Å²) in [7, 11) is 4.93. The number of imide groups is 1. The predicted molar refractivity (Wildman–Crippen MR) is 202 cm³/mol. The van der Waals surface area contributed by atoms with E-state index in [4.69, 9.17) is 18.9 Å². The number of carbonyl (C=O) groups excluding carboxylic acids is 4. The number of amides is 4. The highest BCUT2D eigenvalue weighted by atomic mass is 16.5. The Morgan fingerprint density at radius 3 is 2.43 bits per heavy atom. The summed E-state index contributed by atoms with van der Waals surface area (Å²) in [4.78, 5) is 73.5. The lowest BCUT2D eigenvalue weighted by Crippen LogP contribution is -2.55. The van der Waals surface area contributed by atoms with Crippen molar-refractivity contribution in [1.29, 1.82) is 0 Å². The van der Waals surface area contributed by atoms with Gasteiger partial charge in [0.15, 0.2) is 0 Å². The fraction of sp³-hybridized carbons (Fsp3) is 0.400. The third-order valence-corrected chi connectivity index (χ3v) is 10.4. The summed E-state index contributed by atoms with van der Waals surface area (Å²) in [6.45, 7) is 2.87. The first-order valence-electron chi connectivity index (χ1n) is 18.5. The molecule has 16 nitrogen and oxygen atoms in total. The molecule has 5 heterocycles. The SMILES string of the molecule is COc1cc(-c2cn(C)c(=O)c3cnccc23)cc(OC)c1CN1CCCN(C(=O)CCOCCOc2ccc3c(c2)C(=O)N(C2CCC(O)NC2=O)C3=O)C1. The molecule has 2 aromatic carbocycles. The molecule has 56 heavy (non-hydrogen) atoms. The van der Waals surface area contributed by atoms with Crippen LogP contribution in [0.3, 0.4) is 0 Å². The van der Waals surface area contributed by atoms with Gasteiger partial charge in [0.1, 0.15) is 36.1 Å². The number of aryl methyl sites for hydroxylation is 1. The number of methoxy groups -OCH3 is 2. The van der Waals surface area contributed by atoms with E-state index in [9.17, 15) is 29.1 Å². The van der Waals surface area contributed by atoms with Crippen LogP contribution in [0.4, 0.5) is 0 Å². The van der Waals surface area contributed by atoms with Crippen LogP contribution in [-0.2, 0) is 27.9 Å². The highest BCUT2D eigenvalue weighted by Crippen LogP contribution is 2.38. The normalized spacial score (nSPS) is 18.6. The van der Waals surface area contributed by atoms with Gasteiger partial charge in [-0.15, -0.1) is 0 Å². The first-order chi connectivity index (χ1) is 27.1. The van der Waals surface area contributed by atoms with Crippen molar-refractivity contribution in [3.63, 3.8) is 0 Å². The number of pyridine rings is 2. The Labute approximate surface area is 322 Å². The number of aliphatic hydroxyl groups is 1. The molecule has 2 fully saturated rings. The van der Waals surface area contributed by atoms with E-state index in [0.717, 1.165) is 39.9 Å². The van der Waals surface area contributed by atoms with Crippen LogP contribution in [-0.4, -0.2) is 119 Å². The molecule has 0 saturated carbocycles. The molecule has 2 N–H and O–H groups in total. The minimum Gasteiger partial charge on any atom is -0.496 e. The lowest BCUT2D eigenvalue weighted by molar-refractivity contribution is -0.136. The largest absolute Gasteiger partial charge is 0.496 e. The van der Waals surface area contributed by atoms with E-state index < -0.39 is 30.0 Å². The Hall–Kier alpha value is -5.84. The van der Waals surface area contributed by atoms with Crippen LogP contribution < -0.4 is 25.1 Å². The van der Waals surface area contributed by atoms with Crippen molar-refractivity contribution >= 4 is 34.4 Å². The molecule has 2 unspecified atom stereocenters. The summed E-state index contributed by atoms with van der Waals surface area (Å²) in [5.74, 6) is -0.119. The van der Waals surface area contributed by atoms with Crippen molar-refractivity contribution in [2.75, 3.05) is 53.8 Å². The van der Waals surface area contributed by atoms with Gasteiger partial charge in [0.05, 0.1) is 62.6 Å². The molecule has 2 saturated heterocycles. The number of aliphatic hydroxyl groups excluding tert-OH is 1. The third kappa shape index (κ3) is 7.67. The fourth-order valence-electron chi connectivity index (χ4n) is 7.54. The van der Waals surface area contributed by atoms with E-state index in [-0.39, 0.29) is 61.7 Å². The van der Waals surface area contributed by atoms with Crippen molar-refractivity contribution in [3.8, 4) is 28.4 Å². The summed E-state index contributed by atoms with van der Waals surface area (Å²) in [6.07, 6.45) is 5.44. The lowest BCUT2D eigenvalue weighted by Gasteiger charge is -2.36. The van der Waals surface area contributed by atoms with E-state index in [1.807, 2.05) is 23.1 Å². The van der Waals surface area contributed by atoms with E-state index >= 15 is 0 Å². The topological polar surface area (TPSA) is 182 Å². The van der Waals surface area contributed by atoms with Gasteiger partial charge in [-0.3, -0.25) is 38.8 Å². The highest BCUT2D eigenvalue weighted by Gasteiger charge is 2.44. The molecule has 4 aromatic rings. The quantitative estimate of drug-likeness (QED) is 0.150. The Morgan fingerprint density at radius 2 is 1.68 bits per heavy atom. The molecular formula is C40H44N6O10.